The molecule has 0 bridgehead atoms. The van der Waals surface area contributed by atoms with Crippen molar-refractivity contribution in [1.29, 1.82) is 0 Å². The van der Waals surface area contributed by atoms with E-state index in [1.807, 2.05) is 36.4 Å². The number of nitrogens with zero attached hydrogens (tertiary/aromatic N) is 2. The molecule has 2 rings (SSSR count). The van der Waals surface area contributed by atoms with E-state index in [-0.39, 0.29) is 0 Å². The lowest BCUT2D eigenvalue weighted by Gasteiger charge is -2.03. The third kappa shape index (κ3) is 5.20. The van der Waals surface area contributed by atoms with Crippen LogP contribution in [0.5, 0.6) is 5.75 Å². The Morgan fingerprint density at radius 2 is 2.05 bits per heavy atom. The monoisotopic (exact) mass is 377 g/mol. The number of ether oxygens (including phenoxy) is 1. The van der Waals surface area contributed by atoms with Crippen molar-refractivity contribution in [1.82, 2.24) is 0 Å². The predicted octanol–water partition coefficient (Wildman–Crippen LogP) is 4.04. The highest BCUT2D eigenvalue weighted by Crippen LogP contribution is 2.21. The summed E-state index contributed by atoms with van der Waals surface area (Å²) in [5, 5.41) is 8.44. The van der Waals surface area contributed by atoms with Crippen LogP contribution in [0.4, 0.5) is 0 Å². The number of amidine groups is 1. The van der Waals surface area contributed by atoms with E-state index in [1.54, 1.807) is 13.3 Å². The number of nitrogens with two attached hydrogens (primary N) is 1. The van der Waals surface area contributed by atoms with Crippen molar-refractivity contribution in [3.05, 3.63) is 64.1 Å². The molecule has 0 aliphatic heterocycles. The van der Waals surface area contributed by atoms with Gasteiger partial charge in [0.2, 0.25) is 0 Å². The van der Waals surface area contributed by atoms with Gasteiger partial charge in [-0.3, -0.25) is 0 Å². The van der Waals surface area contributed by atoms with Crippen LogP contribution in [-0.2, 0) is 5.75 Å². The van der Waals surface area contributed by atoms with Gasteiger partial charge in [0.15, 0.2) is 5.17 Å². The van der Waals surface area contributed by atoms with Gasteiger partial charge < -0.3 is 10.5 Å². The van der Waals surface area contributed by atoms with Crippen molar-refractivity contribution in [3.8, 4) is 5.75 Å². The molecule has 2 N–H and O–H groups in total. The van der Waals surface area contributed by atoms with Gasteiger partial charge in [-0.25, -0.2) is 0 Å². The molecule has 22 heavy (non-hydrogen) atoms. The van der Waals surface area contributed by atoms with Gasteiger partial charge in [-0.15, -0.1) is 5.10 Å². The topological polar surface area (TPSA) is 60.0 Å². The Morgan fingerprint density at radius 3 is 2.77 bits per heavy atom. The van der Waals surface area contributed by atoms with Gasteiger partial charge in [0.05, 0.1) is 13.3 Å². The standard InChI is InChI=1S/C16H16BrN3OS/c1-21-15-8-7-14(17)9-13(15)10-19-20-16(18)22-11-12-5-3-2-4-6-12/h2-10H,11H2,1H3,(H2,18,20). The van der Waals surface area contributed by atoms with Crippen LogP contribution in [0.2, 0.25) is 0 Å². The summed E-state index contributed by atoms with van der Waals surface area (Å²) in [6.45, 7) is 0. The molecule has 114 valence electrons. The molecule has 0 radical (unpaired) electrons. The van der Waals surface area contributed by atoms with Crippen molar-refractivity contribution in [2.45, 2.75) is 5.75 Å². The molecule has 6 heteroatoms. The van der Waals surface area contributed by atoms with Crippen LogP contribution < -0.4 is 10.5 Å². The van der Waals surface area contributed by atoms with Crippen molar-refractivity contribution in [3.63, 3.8) is 0 Å². The minimum absolute atomic E-state index is 0.425. The highest BCUT2D eigenvalue weighted by molar-refractivity contribution is 9.10. The third-order valence-corrected chi connectivity index (χ3v) is 4.12. The second kappa shape index (κ2) is 8.60. The van der Waals surface area contributed by atoms with Gasteiger partial charge in [-0.2, -0.15) is 5.10 Å². The highest BCUT2D eigenvalue weighted by Gasteiger charge is 2.01. The molecular weight excluding hydrogens is 362 g/mol. The maximum absolute atomic E-state index is 5.84. The second-order valence-electron chi connectivity index (χ2n) is 4.34. The van der Waals surface area contributed by atoms with Crippen LogP contribution >= 0.6 is 27.7 Å². The molecule has 0 atom stereocenters. The van der Waals surface area contributed by atoms with Gasteiger partial charge in [0.25, 0.3) is 0 Å². The lowest BCUT2D eigenvalue weighted by Crippen LogP contribution is -2.06. The van der Waals surface area contributed by atoms with E-state index in [0.29, 0.717) is 5.17 Å². The van der Waals surface area contributed by atoms with Crippen molar-refractivity contribution in [2.75, 3.05) is 7.11 Å². The molecule has 2 aromatic rings. The normalized spacial score (nSPS) is 11.8. The molecule has 4 nitrogen and oxygen atoms in total. The smallest absolute Gasteiger partial charge is 0.180 e. The lowest BCUT2D eigenvalue weighted by molar-refractivity contribution is 0.414. The summed E-state index contributed by atoms with van der Waals surface area (Å²) in [6.07, 6.45) is 1.62. The van der Waals surface area contributed by atoms with Crippen LogP contribution in [0, 0.1) is 0 Å². The summed E-state index contributed by atoms with van der Waals surface area (Å²) in [5.74, 6) is 1.50. The molecule has 0 aliphatic carbocycles. The van der Waals surface area contributed by atoms with Crippen molar-refractivity contribution < 1.29 is 4.74 Å². The number of halogens is 1. The number of benzene rings is 2. The minimum Gasteiger partial charge on any atom is -0.496 e. The summed E-state index contributed by atoms with van der Waals surface area (Å²) < 4.78 is 6.22. The van der Waals surface area contributed by atoms with Crippen molar-refractivity contribution in [2.24, 2.45) is 15.9 Å². The third-order valence-electron chi connectivity index (χ3n) is 2.77. The van der Waals surface area contributed by atoms with Crippen LogP contribution in [-0.4, -0.2) is 18.5 Å². The fraction of sp³-hybridized carbons (Fsp3) is 0.125. The molecule has 0 fully saturated rings. The number of hydrogen-bond donors (Lipinski definition) is 1. The van der Waals surface area contributed by atoms with Crippen molar-refractivity contribution >= 4 is 39.1 Å². The zero-order chi connectivity index (χ0) is 15.8. The van der Waals surface area contributed by atoms with Gasteiger partial charge in [0, 0.05) is 15.8 Å². The molecular formula is C16H16BrN3OS. The fourth-order valence-corrected chi connectivity index (χ4v) is 2.71. The Morgan fingerprint density at radius 1 is 1.27 bits per heavy atom. The van der Waals surface area contributed by atoms with Crippen LogP contribution in [0.15, 0.2) is 63.2 Å². The van der Waals surface area contributed by atoms with Crippen LogP contribution in [0.3, 0.4) is 0 Å². The van der Waals surface area contributed by atoms with E-state index in [0.717, 1.165) is 21.5 Å². The van der Waals surface area contributed by atoms with E-state index >= 15 is 0 Å². The van der Waals surface area contributed by atoms with Gasteiger partial charge in [-0.05, 0) is 23.8 Å². The van der Waals surface area contributed by atoms with Crippen LogP contribution in [0.25, 0.3) is 0 Å². The lowest BCUT2D eigenvalue weighted by atomic mass is 10.2. The average molecular weight is 378 g/mol. The molecule has 2 aromatic carbocycles. The zero-order valence-corrected chi connectivity index (χ0v) is 14.5. The molecule has 0 saturated carbocycles. The van der Waals surface area contributed by atoms with Gasteiger partial charge in [0.1, 0.15) is 5.75 Å². The van der Waals surface area contributed by atoms with E-state index in [1.165, 1.54) is 17.3 Å². The second-order valence-corrected chi connectivity index (χ2v) is 6.25. The Hall–Kier alpha value is -1.79. The first-order valence-corrected chi connectivity index (χ1v) is 8.33. The summed E-state index contributed by atoms with van der Waals surface area (Å²) >= 11 is 4.87. The Balaban J connectivity index is 1.97. The summed E-state index contributed by atoms with van der Waals surface area (Å²) in [5.41, 5.74) is 7.88. The molecule has 0 spiro atoms. The number of hydrogen-bond acceptors (Lipinski definition) is 4. The first-order chi connectivity index (χ1) is 10.7. The largest absolute Gasteiger partial charge is 0.496 e. The maximum atomic E-state index is 5.84. The Bertz CT molecular complexity index is 674. The average Bonchev–Trinajstić information content (AvgIpc) is 2.54. The summed E-state index contributed by atoms with van der Waals surface area (Å²) in [4.78, 5) is 0. The molecule has 0 amide bonds. The van der Waals surface area contributed by atoms with E-state index in [9.17, 15) is 0 Å². The molecule has 0 aliphatic rings. The van der Waals surface area contributed by atoms with E-state index in [2.05, 4.69) is 38.3 Å². The van der Waals surface area contributed by atoms with E-state index < -0.39 is 0 Å². The van der Waals surface area contributed by atoms with Crippen LogP contribution in [0.1, 0.15) is 11.1 Å². The molecule has 0 heterocycles. The zero-order valence-electron chi connectivity index (χ0n) is 12.1. The number of thioether (sulfide) groups is 1. The molecule has 0 unspecified atom stereocenters. The maximum Gasteiger partial charge on any atom is 0.180 e. The minimum atomic E-state index is 0.425. The Kier molecular flexibility index (Phi) is 6.48. The quantitative estimate of drug-likeness (QED) is 0.485. The summed E-state index contributed by atoms with van der Waals surface area (Å²) in [7, 11) is 1.62. The van der Waals surface area contributed by atoms with Gasteiger partial charge >= 0.3 is 0 Å². The first-order valence-electron chi connectivity index (χ1n) is 6.56. The number of rotatable bonds is 5. The summed E-state index contributed by atoms with van der Waals surface area (Å²) in [6, 6.07) is 15.8. The first kappa shape index (κ1) is 16.6. The molecule has 0 aromatic heterocycles. The highest BCUT2D eigenvalue weighted by atomic mass is 79.9. The SMILES string of the molecule is COc1ccc(Br)cc1C=NN=C(N)SCc1ccccc1. The Labute approximate surface area is 142 Å². The van der Waals surface area contributed by atoms with E-state index in [4.69, 9.17) is 10.5 Å². The molecule has 0 saturated heterocycles. The fourth-order valence-electron chi connectivity index (χ4n) is 1.71. The predicted molar refractivity (Wildman–Crippen MR) is 97.6 cm³/mol. The number of methoxy groups -OCH3 is 1. The van der Waals surface area contributed by atoms with Gasteiger partial charge in [-0.1, -0.05) is 58.0 Å².